The number of amides is 2. The number of primary amides is 1. The van der Waals surface area contributed by atoms with Crippen LogP contribution >= 0.6 is 11.6 Å². The van der Waals surface area contributed by atoms with E-state index < -0.39 is 29.5 Å². The molecule has 0 atom stereocenters. The van der Waals surface area contributed by atoms with Crippen LogP contribution in [0.15, 0.2) is 36.7 Å². The predicted molar refractivity (Wildman–Crippen MR) is 93.2 cm³/mol. The fourth-order valence-corrected chi connectivity index (χ4v) is 2.67. The lowest BCUT2D eigenvalue weighted by Gasteiger charge is -2.09. The molecule has 3 rings (SSSR count). The van der Waals surface area contributed by atoms with Crippen molar-refractivity contribution in [3.05, 3.63) is 58.5 Å². The highest BCUT2D eigenvalue weighted by Gasteiger charge is 2.30. The SMILES string of the molecule is Cn1nc(C(F)F)c(C(=O)Nc2ccccc2Cl)c1-n1cc(C(N)=O)cn1. The number of hydrogen-bond acceptors (Lipinski definition) is 4. The van der Waals surface area contributed by atoms with E-state index in [0.717, 1.165) is 15.6 Å². The number of anilines is 1. The molecule has 0 aliphatic heterocycles. The molecule has 2 aromatic heterocycles. The molecule has 0 aliphatic carbocycles. The fourth-order valence-electron chi connectivity index (χ4n) is 2.48. The summed E-state index contributed by atoms with van der Waals surface area (Å²) in [6.45, 7) is 0. The van der Waals surface area contributed by atoms with Crippen molar-refractivity contribution in [3.8, 4) is 5.82 Å². The zero-order chi connectivity index (χ0) is 19.7. The second-order valence-electron chi connectivity index (χ2n) is 5.48. The molecule has 0 saturated carbocycles. The van der Waals surface area contributed by atoms with Crippen molar-refractivity contribution < 1.29 is 18.4 Å². The van der Waals surface area contributed by atoms with Crippen LogP contribution in [0, 0.1) is 0 Å². The second kappa shape index (κ2) is 7.16. The maximum atomic E-state index is 13.5. The van der Waals surface area contributed by atoms with E-state index in [2.05, 4.69) is 15.5 Å². The molecule has 0 bridgehead atoms. The van der Waals surface area contributed by atoms with Gasteiger partial charge in [-0.25, -0.2) is 18.1 Å². The highest BCUT2D eigenvalue weighted by molar-refractivity contribution is 6.34. The number of nitrogens with zero attached hydrogens (tertiary/aromatic N) is 4. The summed E-state index contributed by atoms with van der Waals surface area (Å²) in [6, 6.07) is 6.36. The van der Waals surface area contributed by atoms with Gasteiger partial charge in [-0.05, 0) is 12.1 Å². The van der Waals surface area contributed by atoms with E-state index in [1.807, 2.05) is 0 Å². The lowest BCUT2D eigenvalue weighted by Crippen LogP contribution is -2.17. The van der Waals surface area contributed by atoms with Crippen molar-refractivity contribution in [3.63, 3.8) is 0 Å². The van der Waals surface area contributed by atoms with Crippen molar-refractivity contribution in [2.45, 2.75) is 6.43 Å². The van der Waals surface area contributed by atoms with Crippen LogP contribution in [0.25, 0.3) is 5.82 Å². The van der Waals surface area contributed by atoms with Gasteiger partial charge in [-0.15, -0.1) is 0 Å². The summed E-state index contributed by atoms with van der Waals surface area (Å²) < 4.78 is 29.1. The Labute approximate surface area is 156 Å². The first kappa shape index (κ1) is 18.5. The second-order valence-corrected chi connectivity index (χ2v) is 5.89. The number of nitrogens with two attached hydrogens (primary N) is 1. The Hall–Kier alpha value is -3.27. The third kappa shape index (κ3) is 3.51. The number of para-hydroxylation sites is 1. The summed E-state index contributed by atoms with van der Waals surface area (Å²) in [5, 5.41) is 10.4. The smallest absolute Gasteiger partial charge is 0.283 e. The van der Waals surface area contributed by atoms with Crippen LogP contribution in [-0.2, 0) is 7.05 Å². The number of benzene rings is 1. The summed E-state index contributed by atoms with van der Waals surface area (Å²) in [5.74, 6) is -1.65. The molecule has 1 aromatic carbocycles. The van der Waals surface area contributed by atoms with E-state index in [9.17, 15) is 18.4 Å². The van der Waals surface area contributed by atoms with Gasteiger partial charge in [-0.1, -0.05) is 23.7 Å². The first-order valence-corrected chi connectivity index (χ1v) is 7.93. The minimum absolute atomic E-state index is 0.0484. The molecule has 2 amide bonds. The number of rotatable bonds is 5. The molecule has 0 spiro atoms. The largest absolute Gasteiger partial charge is 0.366 e. The number of carbonyl (C=O) groups excluding carboxylic acids is 2. The topological polar surface area (TPSA) is 108 Å². The average molecular weight is 395 g/mol. The number of alkyl halides is 2. The molecule has 0 radical (unpaired) electrons. The fraction of sp³-hybridized carbons (Fsp3) is 0.125. The molecule has 0 saturated heterocycles. The van der Waals surface area contributed by atoms with Crippen molar-refractivity contribution >= 4 is 29.1 Å². The Morgan fingerprint density at radius 2 is 2.00 bits per heavy atom. The van der Waals surface area contributed by atoms with Gasteiger partial charge in [0.2, 0.25) is 0 Å². The Morgan fingerprint density at radius 1 is 1.30 bits per heavy atom. The number of halogens is 3. The third-order valence-electron chi connectivity index (χ3n) is 3.68. The molecule has 0 unspecified atom stereocenters. The van der Waals surface area contributed by atoms with Crippen molar-refractivity contribution in [2.75, 3.05) is 5.32 Å². The van der Waals surface area contributed by atoms with Crippen molar-refractivity contribution in [1.29, 1.82) is 0 Å². The van der Waals surface area contributed by atoms with E-state index in [1.54, 1.807) is 18.2 Å². The number of aryl methyl sites for hydroxylation is 1. The minimum atomic E-state index is -3.01. The monoisotopic (exact) mass is 394 g/mol. The van der Waals surface area contributed by atoms with Gasteiger partial charge in [0.25, 0.3) is 18.2 Å². The normalized spacial score (nSPS) is 11.0. The van der Waals surface area contributed by atoms with Crippen molar-refractivity contribution in [1.82, 2.24) is 19.6 Å². The van der Waals surface area contributed by atoms with Gasteiger partial charge in [0.05, 0.1) is 22.5 Å². The number of nitrogens with one attached hydrogen (secondary N) is 1. The minimum Gasteiger partial charge on any atom is -0.366 e. The van der Waals surface area contributed by atoms with E-state index >= 15 is 0 Å². The lowest BCUT2D eigenvalue weighted by molar-refractivity contribution is 0.0996. The van der Waals surface area contributed by atoms with E-state index in [1.165, 1.54) is 19.3 Å². The van der Waals surface area contributed by atoms with Gasteiger partial charge in [-0.2, -0.15) is 10.2 Å². The molecule has 2 heterocycles. The first-order chi connectivity index (χ1) is 12.8. The summed E-state index contributed by atoms with van der Waals surface area (Å²) >= 11 is 6.01. The molecular formula is C16H13ClF2N6O2. The molecule has 27 heavy (non-hydrogen) atoms. The summed E-state index contributed by atoms with van der Waals surface area (Å²) in [5.41, 5.74) is 4.36. The Bertz CT molecular complexity index is 1030. The van der Waals surface area contributed by atoms with Crippen LogP contribution < -0.4 is 11.1 Å². The maximum Gasteiger partial charge on any atom is 0.283 e. The highest BCUT2D eigenvalue weighted by atomic mass is 35.5. The van der Waals surface area contributed by atoms with Gasteiger partial charge in [-0.3, -0.25) is 9.59 Å². The molecule has 140 valence electrons. The number of aromatic nitrogens is 4. The summed E-state index contributed by atoms with van der Waals surface area (Å²) in [4.78, 5) is 24.0. The van der Waals surface area contributed by atoms with Gasteiger partial charge >= 0.3 is 0 Å². The summed E-state index contributed by atoms with van der Waals surface area (Å²) in [7, 11) is 1.37. The van der Waals surface area contributed by atoms with E-state index in [-0.39, 0.29) is 22.1 Å². The molecule has 3 aromatic rings. The summed E-state index contributed by atoms with van der Waals surface area (Å²) in [6.07, 6.45) is -0.628. The van der Waals surface area contributed by atoms with Crippen LogP contribution in [0.4, 0.5) is 14.5 Å². The van der Waals surface area contributed by atoms with Gasteiger partial charge in [0.1, 0.15) is 11.3 Å². The highest BCUT2D eigenvalue weighted by Crippen LogP contribution is 2.29. The number of hydrogen-bond donors (Lipinski definition) is 2. The molecule has 3 N–H and O–H groups in total. The van der Waals surface area contributed by atoms with Gasteiger partial charge in [0.15, 0.2) is 5.82 Å². The third-order valence-corrected chi connectivity index (χ3v) is 4.01. The van der Waals surface area contributed by atoms with E-state index in [4.69, 9.17) is 17.3 Å². The Morgan fingerprint density at radius 3 is 2.59 bits per heavy atom. The molecular weight excluding hydrogens is 382 g/mol. The van der Waals surface area contributed by atoms with Gasteiger partial charge in [0, 0.05) is 13.2 Å². The lowest BCUT2D eigenvalue weighted by atomic mass is 10.2. The Kier molecular flexibility index (Phi) is 4.91. The van der Waals surface area contributed by atoms with Crippen molar-refractivity contribution in [2.24, 2.45) is 12.8 Å². The molecule has 11 heteroatoms. The standard InChI is InChI=1S/C16H13ClF2N6O2/c1-24-16(25-7-8(6-21-25)14(20)26)11(12(23-24)13(18)19)15(27)22-10-5-3-2-4-9(10)17/h2-7,13H,1H3,(H2,20,26)(H,22,27). The molecule has 0 aliphatic rings. The Balaban J connectivity index is 2.10. The quantitative estimate of drug-likeness (QED) is 0.693. The zero-order valence-corrected chi connectivity index (χ0v) is 14.6. The number of carbonyl (C=O) groups is 2. The molecule has 0 fully saturated rings. The van der Waals surface area contributed by atoms with Crippen LogP contribution in [0.3, 0.4) is 0 Å². The van der Waals surface area contributed by atoms with Gasteiger partial charge < -0.3 is 11.1 Å². The maximum absolute atomic E-state index is 13.5. The van der Waals surface area contributed by atoms with E-state index in [0.29, 0.717) is 0 Å². The average Bonchev–Trinajstić information content (AvgIpc) is 3.21. The van der Waals surface area contributed by atoms with Crippen LogP contribution in [0.2, 0.25) is 5.02 Å². The zero-order valence-electron chi connectivity index (χ0n) is 13.9. The van der Waals surface area contributed by atoms with Crippen LogP contribution in [0.5, 0.6) is 0 Å². The molecule has 8 nitrogen and oxygen atoms in total. The predicted octanol–water partition coefficient (Wildman–Crippen LogP) is 2.55. The van der Waals surface area contributed by atoms with Crippen LogP contribution in [-0.4, -0.2) is 31.4 Å². The van der Waals surface area contributed by atoms with Crippen LogP contribution in [0.1, 0.15) is 32.8 Å². The first-order valence-electron chi connectivity index (χ1n) is 7.55.